The maximum atomic E-state index is 10.5. The second-order valence-electron chi connectivity index (χ2n) is 2.10. The molecular weight excluding hydrogens is 175 g/mol. The Bertz CT molecular complexity index is 110. The number of rotatable bonds is 0. The van der Waals surface area contributed by atoms with E-state index >= 15 is 0 Å². The van der Waals surface area contributed by atoms with Gasteiger partial charge in [0.15, 0.2) is 0 Å². The predicted molar refractivity (Wildman–Crippen MR) is 44.7 cm³/mol. The van der Waals surface area contributed by atoms with Crippen LogP contribution in [0.2, 0.25) is 0 Å². The van der Waals surface area contributed by atoms with Crippen molar-refractivity contribution in [1.29, 1.82) is 0 Å². The van der Waals surface area contributed by atoms with E-state index < -0.39 is 0 Å². The van der Waals surface area contributed by atoms with Crippen molar-refractivity contribution in [2.75, 3.05) is 6.54 Å². The summed E-state index contributed by atoms with van der Waals surface area (Å²) in [7, 11) is 0. The van der Waals surface area contributed by atoms with Crippen molar-refractivity contribution >= 4 is 30.7 Å². The van der Waals surface area contributed by atoms with E-state index in [2.05, 4.69) is 5.32 Å². The van der Waals surface area contributed by atoms with Gasteiger partial charge in [-0.15, -0.1) is 24.8 Å². The molecule has 1 saturated heterocycles. The summed E-state index contributed by atoms with van der Waals surface area (Å²) in [6, 6.07) is 0.101. The van der Waals surface area contributed by atoms with Crippen molar-refractivity contribution < 1.29 is 4.79 Å². The molecule has 3 N–H and O–H groups in total. The van der Waals surface area contributed by atoms with Crippen molar-refractivity contribution in [3.05, 3.63) is 0 Å². The molecule has 3 nitrogen and oxygen atoms in total. The Labute approximate surface area is 72.6 Å². The van der Waals surface area contributed by atoms with E-state index in [1.807, 2.05) is 0 Å². The Morgan fingerprint density at radius 1 is 1.50 bits per heavy atom. The van der Waals surface area contributed by atoms with Crippen LogP contribution in [0.25, 0.3) is 0 Å². The van der Waals surface area contributed by atoms with Gasteiger partial charge >= 0.3 is 0 Å². The molecule has 0 radical (unpaired) electrons. The van der Waals surface area contributed by atoms with Crippen LogP contribution in [0.15, 0.2) is 0 Å². The molecule has 0 aromatic rings. The summed E-state index contributed by atoms with van der Waals surface area (Å²) in [5, 5.41) is 2.69. The summed E-state index contributed by atoms with van der Waals surface area (Å²) in [5.74, 6) is 0.0868. The third-order valence-electron chi connectivity index (χ3n) is 1.28. The Hall–Kier alpha value is 0.01000. The Morgan fingerprint density at radius 2 is 2.10 bits per heavy atom. The van der Waals surface area contributed by atoms with Gasteiger partial charge in [0.05, 0.1) is 0 Å². The summed E-state index contributed by atoms with van der Waals surface area (Å²) in [6.45, 7) is 0.750. The molecular formula is C5H12Cl2N2O. The maximum Gasteiger partial charge on any atom is 0.221 e. The zero-order valence-electron chi connectivity index (χ0n) is 5.50. The topological polar surface area (TPSA) is 55.1 Å². The molecule has 0 aliphatic carbocycles. The first-order valence-electron chi connectivity index (χ1n) is 2.81. The van der Waals surface area contributed by atoms with Gasteiger partial charge in [0.2, 0.25) is 5.91 Å². The zero-order chi connectivity index (χ0) is 5.98. The number of carbonyl (C=O) groups is 1. The lowest BCUT2D eigenvalue weighted by molar-refractivity contribution is -0.122. The van der Waals surface area contributed by atoms with Crippen LogP contribution in [-0.4, -0.2) is 18.5 Å². The van der Waals surface area contributed by atoms with E-state index in [1.165, 1.54) is 0 Å². The number of hydrogen-bond donors (Lipinski definition) is 2. The summed E-state index contributed by atoms with van der Waals surface area (Å²) >= 11 is 0. The highest BCUT2D eigenvalue weighted by atomic mass is 35.5. The van der Waals surface area contributed by atoms with Crippen molar-refractivity contribution in [3.63, 3.8) is 0 Å². The molecule has 1 atom stereocenters. The quantitative estimate of drug-likeness (QED) is 0.563. The SMILES string of the molecule is Cl.Cl.NC1CCNC(=O)C1. The van der Waals surface area contributed by atoms with Gasteiger partial charge in [-0.05, 0) is 6.42 Å². The van der Waals surface area contributed by atoms with Crippen molar-refractivity contribution in [1.82, 2.24) is 5.32 Å². The van der Waals surface area contributed by atoms with E-state index in [9.17, 15) is 4.79 Å². The average molecular weight is 187 g/mol. The van der Waals surface area contributed by atoms with Gasteiger partial charge in [0, 0.05) is 19.0 Å². The molecule has 1 aliphatic heterocycles. The Kier molecular flexibility index (Phi) is 7.31. The second-order valence-corrected chi connectivity index (χ2v) is 2.10. The average Bonchev–Trinajstić information content (AvgIpc) is 1.64. The second kappa shape index (κ2) is 5.77. The molecule has 0 spiro atoms. The van der Waals surface area contributed by atoms with Gasteiger partial charge in [0.25, 0.3) is 0 Å². The lowest BCUT2D eigenvalue weighted by atomic mass is 10.1. The maximum absolute atomic E-state index is 10.5. The molecule has 1 amide bonds. The molecule has 1 fully saturated rings. The smallest absolute Gasteiger partial charge is 0.221 e. The van der Waals surface area contributed by atoms with E-state index in [0.717, 1.165) is 13.0 Å². The van der Waals surface area contributed by atoms with Gasteiger partial charge < -0.3 is 11.1 Å². The molecule has 1 aliphatic rings. The third kappa shape index (κ3) is 3.93. The van der Waals surface area contributed by atoms with Crippen molar-refractivity contribution in [3.8, 4) is 0 Å². The molecule has 10 heavy (non-hydrogen) atoms. The minimum atomic E-state index is 0. The number of nitrogens with two attached hydrogens (primary N) is 1. The van der Waals surface area contributed by atoms with Gasteiger partial charge in [-0.25, -0.2) is 0 Å². The lowest BCUT2D eigenvalue weighted by Gasteiger charge is -2.16. The number of nitrogens with one attached hydrogen (secondary N) is 1. The van der Waals surface area contributed by atoms with Crippen LogP contribution in [0.3, 0.4) is 0 Å². The molecule has 0 saturated carbocycles. The van der Waals surface area contributed by atoms with Crippen LogP contribution in [0.4, 0.5) is 0 Å². The highest BCUT2D eigenvalue weighted by molar-refractivity contribution is 5.85. The monoisotopic (exact) mass is 186 g/mol. The fourth-order valence-corrected chi connectivity index (χ4v) is 0.809. The van der Waals surface area contributed by atoms with Gasteiger partial charge in [0.1, 0.15) is 0 Å². The van der Waals surface area contributed by atoms with Crippen LogP contribution in [-0.2, 0) is 4.79 Å². The minimum absolute atomic E-state index is 0. The Morgan fingerprint density at radius 3 is 2.40 bits per heavy atom. The first-order chi connectivity index (χ1) is 3.79. The molecule has 5 heteroatoms. The number of carbonyl (C=O) groups excluding carboxylic acids is 1. The summed E-state index contributed by atoms with van der Waals surface area (Å²) < 4.78 is 0. The fraction of sp³-hybridized carbons (Fsp3) is 0.800. The predicted octanol–water partition coefficient (Wildman–Crippen LogP) is 0.0673. The number of piperidine rings is 1. The fourth-order valence-electron chi connectivity index (χ4n) is 0.809. The standard InChI is InChI=1S/C5H10N2O.2ClH/c6-4-1-2-7-5(8)3-4;;/h4H,1-3,6H2,(H,7,8);2*1H. The highest BCUT2D eigenvalue weighted by Crippen LogP contribution is 1.98. The van der Waals surface area contributed by atoms with Gasteiger partial charge in [-0.3, -0.25) is 4.79 Å². The third-order valence-corrected chi connectivity index (χ3v) is 1.28. The molecule has 0 aromatic carbocycles. The van der Waals surface area contributed by atoms with Crippen LogP contribution in [0.5, 0.6) is 0 Å². The van der Waals surface area contributed by atoms with E-state index in [-0.39, 0.29) is 36.8 Å². The molecule has 0 bridgehead atoms. The Balaban J connectivity index is 0. The van der Waals surface area contributed by atoms with Crippen molar-refractivity contribution in [2.24, 2.45) is 5.73 Å². The van der Waals surface area contributed by atoms with Crippen LogP contribution < -0.4 is 11.1 Å². The highest BCUT2D eigenvalue weighted by Gasteiger charge is 2.13. The molecule has 62 valence electrons. The molecule has 0 aromatic heterocycles. The van der Waals surface area contributed by atoms with E-state index in [0.29, 0.717) is 6.42 Å². The molecule has 1 rings (SSSR count). The summed E-state index contributed by atoms with van der Waals surface area (Å²) in [6.07, 6.45) is 1.42. The molecule has 1 heterocycles. The summed E-state index contributed by atoms with van der Waals surface area (Å²) in [5.41, 5.74) is 5.46. The van der Waals surface area contributed by atoms with Gasteiger partial charge in [-0.1, -0.05) is 0 Å². The van der Waals surface area contributed by atoms with Crippen molar-refractivity contribution in [2.45, 2.75) is 18.9 Å². The zero-order valence-corrected chi connectivity index (χ0v) is 7.13. The van der Waals surface area contributed by atoms with Gasteiger partial charge in [-0.2, -0.15) is 0 Å². The van der Waals surface area contributed by atoms with E-state index in [4.69, 9.17) is 5.73 Å². The molecule has 1 unspecified atom stereocenters. The first kappa shape index (κ1) is 12.7. The summed E-state index contributed by atoms with van der Waals surface area (Å²) in [4.78, 5) is 10.5. The van der Waals surface area contributed by atoms with Crippen LogP contribution in [0, 0.1) is 0 Å². The van der Waals surface area contributed by atoms with Crippen LogP contribution in [0.1, 0.15) is 12.8 Å². The minimum Gasteiger partial charge on any atom is -0.356 e. The normalized spacial score (nSPS) is 23.7. The number of amides is 1. The number of hydrogen-bond acceptors (Lipinski definition) is 2. The van der Waals surface area contributed by atoms with E-state index in [1.54, 1.807) is 0 Å². The number of halogens is 2. The first-order valence-corrected chi connectivity index (χ1v) is 2.81. The largest absolute Gasteiger partial charge is 0.356 e. The lowest BCUT2D eigenvalue weighted by Crippen LogP contribution is -2.40. The van der Waals surface area contributed by atoms with Crippen LogP contribution >= 0.6 is 24.8 Å².